The maximum absolute atomic E-state index is 13.3. The summed E-state index contributed by atoms with van der Waals surface area (Å²) in [7, 11) is 0. The van der Waals surface area contributed by atoms with Crippen molar-refractivity contribution in [2.24, 2.45) is 0 Å². The van der Waals surface area contributed by atoms with Crippen molar-refractivity contribution in [1.82, 2.24) is 10.2 Å². The fraction of sp³-hybridized carbons (Fsp3) is 0.333. The van der Waals surface area contributed by atoms with Gasteiger partial charge in [-0.1, -0.05) is 25.5 Å². The maximum Gasteiger partial charge on any atom is 0.229 e. The Bertz CT molecular complexity index is 598. The molecule has 2 rings (SSSR count). The number of hydrogen-bond acceptors (Lipinski definition) is 3. The lowest BCUT2D eigenvalue weighted by atomic mass is 10.2. The lowest BCUT2D eigenvalue weighted by Gasteiger charge is -2.06. The van der Waals surface area contributed by atoms with Gasteiger partial charge in [0.05, 0.1) is 13.0 Å². The average Bonchev–Trinajstić information content (AvgIpc) is 2.88. The summed E-state index contributed by atoms with van der Waals surface area (Å²) in [5.74, 6) is -0.0139. The van der Waals surface area contributed by atoms with E-state index in [4.69, 9.17) is 4.74 Å². The minimum atomic E-state index is -0.436. The topological polar surface area (TPSA) is 67.0 Å². The molecule has 1 amide bonds. The summed E-state index contributed by atoms with van der Waals surface area (Å²) >= 11 is 0. The van der Waals surface area contributed by atoms with Crippen molar-refractivity contribution in [3.8, 4) is 5.75 Å². The van der Waals surface area contributed by atoms with E-state index in [0.29, 0.717) is 5.82 Å². The fourth-order valence-electron chi connectivity index (χ4n) is 1.84. The van der Waals surface area contributed by atoms with Crippen molar-refractivity contribution in [1.29, 1.82) is 0 Å². The van der Waals surface area contributed by atoms with Gasteiger partial charge in [-0.05, 0) is 18.6 Å². The Morgan fingerprint density at radius 2 is 2.24 bits per heavy atom. The van der Waals surface area contributed by atoms with Crippen LogP contribution in [0.25, 0.3) is 0 Å². The third-order valence-electron chi connectivity index (χ3n) is 2.84. The number of nitrogens with one attached hydrogen (secondary N) is 2. The molecule has 0 aliphatic heterocycles. The van der Waals surface area contributed by atoms with Gasteiger partial charge in [0.1, 0.15) is 0 Å². The van der Waals surface area contributed by atoms with E-state index < -0.39 is 5.82 Å². The van der Waals surface area contributed by atoms with Gasteiger partial charge in [-0.3, -0.25) is 9.89 Å². The molecule has 0 radical (unpaired) electrons. The standard InChI is InChI=1S/C15H18FN3O2/c1-2-5-11-10-14(19-18-11)17-15(20)8-9-21-13-7-4-3-6-12(13)16/h3-4,6-7,10H,2,5,8-9H2,1H3,(H2,17,18,19,20). The monoisotopic (exact) mass is 291 g/mol. The highest BCUT2D eigenvalue weighted by Crippen LogP contribution is 2.15. The molecule has 5 nitrogen and oxygen atoms in total. The van der Waals surface area contributed by atoms with Gasteiger partial charge >= 0.3 is 0 Å². The Kier molecular flexibility index (Phi) is 5.31. The minimum absolute atomic E-state index is 0.110. The summed E-state index contributed by atoms with van der Waals surface area (Å²) in [5.41, 5.74) is 0.982. The second kappa shape index (κ2) is 7.42. The van der Waals surface area contributed by atoms with Crippen LogP contribution < -0.4 is 10.1 Å². The second-order valence-corrected chi connectivity index (χ2v) is 4.61. The van der Waals surface area contributed by atoms with Crippen LogP contribution in [-0.4, -0.2) is 22.7 Å². The largest absolute Gasteiger partial charge is 0.490 e. The number of carbonyl (C=O) groups excluding carboxylic acids is 1. The number of carbonyl (C=O) groups is 1. The van der Waals surface area contributed by atoms with E-state index in [1.807, 2.05) is 0 Å². The number of hydrogen-bond donors (Lipinski definition) is 2. The Balaban J connectivity index is 1.75. The molecule has 112 valence electrons. The van der Waals surface area contributed by atoms with Gasteiger partial charge in [0.2, 0.25) is 5.91 Å². The van der Waals surface area contributed by atoms with Gasteiger partial charge in [0.25, 0.3) is 0 Å². The van der Waals surface area contributed by atoms with Gasteiger partial charge in [-0.15, -0.1) is 0 Å². The van der Waals surface area contributed by atoms with Crippen molar-refractivity contribution < 1.29 is 13.9 Å². The lowest BCUT2D eigenvalue weighted by molar-refractivity contribution is -0.116. The van der Waals surface area contributed by atoms with E-state index in [2.05, 4.69) is 22.4 Å². The summed E-state index contributed by atoms with van der Waals surface area (Å²) in [6.07, 6.45) is 2.02. The van der Waals surface area contributed by atoms with Crippen LogP contribution in [0.5, 0.6) is 5.75 Å². The minimum Gasteiger partial charge on any atom is -0.490 e. The zero-order valence-electron chi connectivity index (χ0n) is 11.9. The van der Waals surface area contributed by atoms with E-state index in [1.165, 1.54) is 12.1 Å². The number of aromatic nitrogens is 2. The van der Waals surface area contributed by atoms with Crippen LogP contribution in [0.2, 0.25) is 0 Å². The highest BCUT2D eigenvalue weighted by molar-refractivity contribution is 5.89. The van der Waals surface area contributed by atoms with Gasteiger partial charge in [0.15, 0.2) is 17.4 Å². The van der Waals surface area contributed by atoms with Gasteiger partial charge in [-0.25, -0.2) is 4.39 Å². The molecule has 1 aromatic carbocycles. The summed E-state index contributed by atoms with van der Waals surface area (Å²) < 4.78 is 18.5. The molecule has 21 heavy (non-hydrogen) atoms. The summed E-state index contributed by atoms with van der Waals surface area (Å²) in [6.45, 7) is 2.18. The van der Waals surface area contributed by atoms with Crippen LogP contribution in [0.1, 0.15) is 25.5 Å². The number of anilines is 1. The number of rotatable bonds is 7. The molecule has 0 unspecified atom stereocenters. The molecule has 0 spiro atoms. The van der Waals surface area contributed by atoms with E-state index >= 15 is 0 Å². The van der Waals surface area contributed by atoms with Crippen LogP contribution in [0.15, 0.2) is 30.3 Å². The highest BCUT2D eigenvalue weighted by atomic mass is 19.1. The highest BCUT2D eigenvalue weighted by Gasteiger charge is 2.07. The Morgan fingerprint density at radius 3 is 3.00 bits per heavy atom. The van der Waals surface area contributed by atoms with Gasteiger partial charge < -0.3 is 10.1 Å². The summed E-state index contributed by atoms with van der Waals surface area (Å²) in [6, 6.07) is 7.91. The first-order valence-corrected chi connectivity index (χ1v) is 6.90. The molecule has 2 N–H and O–H groups in total. The number of nitrogens with zero attached hydrogens (tertiary/aromatic N) is 1. The third-order valence-corrected chi connectivity index (χ3v) is 2.84. The molecule has 0 saturated heterocycles. The molecule has 0 saturated carbocycles. The number of H-pyrrole nitrogens is 1. The van der Waals surface area contributed by atoms with E-state index in [1.54, 1.807) is 18.2 Å². The number of aromatic amines is 1. The van der Waals surface area contributed by atoms with Crippen LogP contribution >= 0.6 is 0 Å². The van der Waals surface area contributed by atoms with Crippen molar-refractivity contribution in [3.63, 3.8) is 0 Å². The van der Waals surface area contributed by atoms with Crippen LogP contribution in [0, 0.1) is 5.82 Å². The van der Waals surface area contributed by atoms with E-state index in [9.17, 15) is 9.18 Å². The molecule has 0 aliphatic rings. The van der Waals surface area contributed by atoms with Crippen molar-refractivity contribution in [2.45, 2.75) is 26.2 Å². The second-order valence-electron chi connectivity index (χ2n) is 4.61. The van der Waals surface area contributed by atoms with Gasteiger partial charge in [0, 0.05) is 11.8 Å². The smallest absolute Gasteiger partial charge is 0.229 e. The molecule has 0 fully saturated rings. The SMILES string of the molecule is CCCc1cc(NC(=O)CCOc2ccccc2F)n[nH]1. The first-order valence-electron chi connectivity index (χ1n) is 6.90. The lowest BCUT2D eigenvalue weighted by Crippen LogP contribution is -2.15. The van der Waals surface area contributed by atoms with Crippen molar-refractivity contribution >= 4 is 11.7 Å². The van der Waals surface area contributed by atoms with Crippen molar-refractivity contribution in [3.05, 3.63) is 41.8 Å². The molecule has 1 aromatic heterocycles. The van der Waals surface area contributed by atoms with Crippen LogP contribution in [0.4, 0.5) is 10.2 Å². The maximum atomic E-state index is 13.3. The fourth-order valence-corrected chi connectivity index (χ4v) is 1.84. The van der Waals surface area contributed by atoms with Gasteiger partial charge in [-0.2, -0.15) is 5.10 Å². The molecule has 0 bridgehead atoms. The first kappa shape index (κ1) is 15.0. The number of amides is 1. The number of aryl methyl sites for hydroxylation is 1. The summed E-state index contributed by atoms with van der Waals surface area (Å²) in [4.78, 5) is 11.7. The van der Waals surface area contributed by atoms with E-state index in [-0.39, 0.29) is 24.7 Å². The quantitative estimate of drug-likeness (QED) is 0.824. The molecule has 0 atom stereocenters. The van der Waals surface area contributed by atoms with Crippen LogP contribution in [-0.2, 0) is 11.2 Å². The number of para-hydroxylation sites is 1. The zero-order valence-corrected chi connectivity index (χ0v) is 11.9. The Morgan fingerprint density at radius 1 is 1.43 bits per heavy atom. The zero-order chi connectivity index (χ0) is 15.1. The number of halogens is 1. The molecular weight excluding hydrogens is 273 g/mol. The predicted octanol–water partition coefficient (Wildman–Crippen LogP) is 2.91. The molecule has 6 heteroatoms. The molecule has 1 heterocycles. The predicted molar refractivity (Wildman–Crippen MR) is 77.7 cm³/mol. The normalized spacial score (nSPS) is 10.4. The van der Waals surface area contributed by atoms with E-state index in [0.717, 1.165) is 18.5 Å². The first-order chi connectivity index (χ1) is 10.2. The summed E-state index contributed by atoms with van der Waals surface area (Å²) in [5, 5.41) is 9.52. The number of benzene rings is 1. The van der Waals surface area contributed by atoms with Crippen LogP contribution in [0.3, 0.4) is 0 Å². The Hall–Kier alpha value is -2.37. The third kappa shape index (κ3) is 4.59. The Labute approximate surface area is 122 Å². The molecule has 2 aromatic rings. The number of ether oxygens (including phenoxy) is 1. The molecular formula is C15H18FN3O2. The van der Waals surface area contributed by atoms with Crippen molar-refractivity contribution in [2.75, 3.05) is 11.9 Å². The molecule has 0 aliphatic carbocycles. The average molecular weight is 291 g/mol.